The van der Waals surface area contributed by atoms with Crippen LogP contribution in [0.3, 0.4) is 0 Å². The molecule has 168 valence electrons. The maximum Gasteiger partial charge on any atom is 0.269 e. The lowest BCUT2D eigenvalue weighted by Crippen LogP contribution is -2.31. The van der Waals surface area contributed by atoms with E-state index in [9.17, 15) is 14.9 Å². The quantitative estimate of drug-likeness (QED) is 0.320. The van der Waals surface area contributed by atoms with Crippen LogP contribution in [0.4, 0.5) is 11.6 Å². The number of ketones is 1. The van der Waals surface area contributed by atoms with Crippen LogP contribution < -0.4 is 5.32 Å². The summed E-state index contributed by atoms with van der Waals surface area (Å²) >= 11 is 1.55. The van der Waals surface area contributed by atoms with Crippen molar-refractivity contribution in [1.29, 1.82) is 0 Å². The number of thioether (sulfide) groups is 1. The van der Waals surface area contributed by atoms with Crippen molar-refractivity contribution in [2.45, 2.75) is 50.1 Å². The molecule has 0 saturated heterocycles. The Bertz CT molecular complexity index is 1300. The molecule has 0 amide bonds. The Morgan fingerprint density at radius 3 is 2.70 bits per heavy atom. The predicted octanol–water partition coefficient (Wildman–Crippen LogP) is 5.12. The molecule has 1 aliphatic carbocycles. The van der Waals surface area contributed by atoms with Crippen molar-refractivity contribution >= 4 is 29.2 Å². The van der Waals surface area contributed by atoms with E-state index < -0.39 is 11.0 Å². The summed E-state index contributed by atoms with van der Waals surface area (Å²) in [6.45, 7) is 4.18. The van der Waals surface area contributed by atoms with E-state index in [0.717, 1.165) is 29.9 Å². The average Bonchev–Trinajstić information content (AvgIpc) is 3.20. The Labute approximate surface area is 195 Å². The van der Waals surface area contributed by atoms with Gasteiger partial charge in [0.05, 0.1) is 4.92 Å². The van der Waals surface area contributed by atoms with Crippen molar-refractivity contribution in [2.75, 3.05) is 5.32 Å². The van der Waals surface area contributed by atoms with Crippen LogP contribution in [0, 0.1) is 24.0 Å². The molecule has 1 unspecified atom stereocenters. The van der Waals surface area contributed by atoms with Gasteiger partial charge < -0.3 is 5.32 Å². The Morgan fingerprint density at radius 2 is 1.97 bits per heavy atom. The van der Waals surface area contributed by atoms with Gasteiger partial charge in [-0.2, -0.15) is 4.98 Å². The topological polar surface area (TPSA) is 103 Å². The minimum absolute atomic E-state index is 0.0142. The number of aromatic nitrogens is 3. The van der Waals surface area contributed by atoms with E-state index >= 15 is 0 Å². The first kappa shape index (κ1) is 21.4. The van der Waals surface area contributed by atoms with Crippen LogP contribution >= 0.6 is 11.8 Å². The van der Waals surface area contributed by atoms with E-state index in [4.69, 9.17) is 10.1 Å². The Morgan fingerprint density at radius 1 is 1.18 bits per heavy atom. The zero-order chi connectivity index (χ0) is 23.1. The minimum Gasteiger partial charge on any atom is -0.328 e. The normalized spacial score (nSPS) is 17.4. The Hall–Kier alpha value is -3.46. The lowest BCUT2D eigenvalue weighted by molar-refractivity contribution is -0.384. The molecule has 1 N–H and O–H groups in total. The van der Waals surface area contributed by atoms with Crippen molar-refractivity contribution < 1.29 is 9.72 Å². The first-order chi connectivity index (χ1) is 15.9. The number of non-ortho nitro benzene ring substituents is 1. The van der Waals surface area contributed by atoms with Crippen LogP contribution in [0.1, 0.15) is 47.6 Å². The smallest absolute Gasteiger partial charge is 0.269 e. The summed E-state index contributed by atoms with van der Waals surface area (Å²) in [6, 6.07) is 12.3. The molecular formula is C24H23N5O3S. The molecule has 8 nitrogen and oxygen atoms in total. The fourth-order valence-corrected chi connectivity index (χ4v) is 5.34. The lowest BCUT2D eigenvalue weighted by atomic mass is 9.85. The molecule has 0 radical (unpaired) electrons. The molecule has 0 fully saturated rings. The second kappa shape index (κ2) is 8.47. The minimum atomic E-state index is -0.451. The zero-order valence-corrected chi connectivity index (χ0v) is 19.2. The highest BCUT2D eigenvalue weighted by molar-refractivity contribution is 7.98. The molecule has 9 heteroatoms. The van der Waals surface area contributed by atoms with E-state index in [1.54, 1.807) is 28.6 Å². The molecule has 2 aromatic carbocycles. The summed E-state index contributed by atoms with van der Waals surface area (Å²) in [6.07, 6.45) is 2.05. The van der Waals surface area contributed by atoms with Crippen LogP contribution in [0.5, 0.6) is 0 Å². The summed E-state index contributed by atoms with van der Waals surface area (Å²) < 4.78 is 1.74. The van der Waals surface area contributed by atoms with Crippen molar-refractivity contribution in [1.82, 2.24) is 14.8 Å². The van der Waals surface area contributed by atoms with Crippen LogP contribution in [0.15, 0.2) is 58.9 Å². The fraction of sp³-hybridized carbons (Fsp3) is 0.292. The average molecular weight is 462 g/mol. The van der Waals surface area contributed by atoms with Gasteiger partial charge in [-0.15, -0.1) is 5.10 Å². The number of nitrogens with one attached hydrogen (secondary N) is 1. The summed E-state index contributed by atoms with van der Waals surface area (Å²) in [7, 11) is 0. The molecule has 1 atom stereocenters. The first-order valence-electron chi connectivity index (χ1n) is 10.8. The predicted molar refractivity (Wildman–Crippen MR) is 126 cm³/mol. The van der Waals surface area contributed by atoms with E-state index in [-0.39, 0.29) is 11.5 Å². The first-order valence-corrected chi connectivity index (χ1v) is 11.8. The van der Waals surface area contributed by atoms with Gasteiger partial charge in [0.2, 0.25) is 11.1 Å². The molecule has 2 heterocycles. The molecule has 1 aromatic heterocycles. The number of rotatable bonds is 5. The highest BCUT2D eigenvalue weighted by atomic mass is 32.2. The van der Waals surface area contributed by atoms with Gasteiger partial charge >= 0.3 is 0 Å². The monoisotopic (exact) mass is 461 g/mol. The number of nitro benzene ring substituents is 1. The van der Waals surface area contributed by atoms with E-state index in [0.29, 0.717) is 23.1 Å². The molecule has 5 rings (SSSR count). The van der Waals surface area contributed by atoms with Crippen molar-refractivity contribution in [3.8, 4) is 0 Å². The number of hydrogen-bond acceptors (Lipinski definition) is 7. The summed E-state index contributed by atoms with van der Waals surface area (Å²) in [4.78, 5) is 28.3. The highest BCUT2D eigenvalue weighted by Gasteiger charge is 2.37. The van der Waals surface area contributed by atoms with Gasteiger partial charge in [-0.3, -0.25) is 14.9 Å². The summed E-state index contributed by atoms with van der Waals surface area (Å²) in [5.41, 5.74) is 6.04. The number of aryl methyl sites for hydroxylation is 2. The lowest BCUT2D eigenvalue weighted by Gasteiger charge is -2.32. The van der Waals surface area contributed by atoms with Gasteiger partial charge in [-0.1, -0.05) is 35.5 Å². The molecule has 3 aromatic rings. The van der Waals surface area contributed by atoms with Crippen LogP contribution in [-0.2, 0) is 10.5 Å². The maximum absolute atomic E-state index is 12.9. The van der Waals surface area contributed by atoms with Gasteiger partial charge in [0, 0.05) is 35.6 Å². The third-order valence-corrected chi connectivity index (χ3v) is 7.01. The Kier molecular flexibility index (Phi) is 5.49. The van der Waals surface area contributed by atoms with E-state index in [2.05, 4.69) is 37.4 Å². The maximum atomic E-state index is 12.9. The number of carbonyl (C=O) groups excluding carboxylic acids is 1. The van der Waals surface area contributed by atoms with E-state index in [1.807, 2.05) is 0 Å². The number of nitro groups is 1. The fourth-order valence-electron chi connectivity index (χ4n) is 4.43. The Balaban J connectivity index is 1.50. The number of Topliss-reactive ketones (excluding diaryl/α,β-unsaturated/α-hetero) is 1. The number of allylic oxidation sites excluding steroid dienone is 2. The van der Waals surface area contributed by atoms with Gasteiger partial charge in [0.1, 0.15) is 6.04 Å². The summed E-state index contributed by atoms with van der Waals surface area (Å²) in [5.74, 6) is 1.41. The number of carbonyl (C=O) groups is 1. The number of fused-ring (bicyclic) bond motifs is 1. The second-order valence-electron chi connectivity index (χ2n) is 8.43. The molecule has 0 saturated carbocycles. The SMILES string of the molecule is Cc1ccc(CSc2nc3n(n2)C(c2ccc([N+](=O)[O-])cc2)C2=C(CCCC2=O)N3)c(C)c1. The van der Waals surface area contributed by atoms with Crippen LogP contribution in [-0.4, -0.2) is 25.5 Å². The van der Waals surface area contributed by atoms with Gasteiger partial charge in [-0.25, -0.2) is 4.68 Å². The molecule has 1 aliphatic heterocycles. The van der Waals surface area contributed by atoms with Crippen molar-refractivity contribution in [3.63, 3.8) is 0 Å². The molecule has 0 spiro atoms. The van der Waals surface area contributed by atoms with Gasteiger partial charge in [0.25, 0.3) is 5.69 Å². The molecule has 2 aliphatic rings. The van der Waals surface area contributed by atoms with Crippen molar-refractivity contribution in [2.24, 2.45) is 0 Å². The molecule has 0 bridgehead atoms. The number of hydrogen-bond donors (Lipinski definition) is 1. The van der Waals surface area contributed by atoms with Crippen LogP contribution in [0.2, 0.25) is 0 Å². The number of anilines is 1. The molecule has 33 heavy (non-hydrogen) atoms. The zero-order valence-electron chi connectivity index (χ0n) is 18.4. The molecular weight excluding hydrogens is 438 g/mol. The van der Waals surface area contributed by atoms with E-state index in [1.165, 1.54) is 28.8 Å². The highest BCUT2D eigenvalue weighted by Crippen LogP contribution is 2.41. The number of nitrogens with zero attached hydrogens (tertiary/aromatic N) is 4. The van der Waals surface area contributed by atoms with Crippen LogP contribution in [0.25, 0.3) is 0 Å². The standard InChI is InChI=1S/C24H23N5O3S/c1-14-6-7-17(15(2)12-14)13-33-24-26-23-25-19-4-3-5-20(30)21(19)22(28(23)27-24)16-8-10-18(11-9-16)29(31)32/h6-12,22H,3-5,13H2,1-2H3,(H,25,26,27). The largest absolute Gasteiger partial charge is 0.328 e. The third kappa shape index (κ3) is 4.04. The van der Waals surface area contributed by atoms with Crippen molar-refractivity contribution in [3.05, 3.63) is 86.1 Å². The number of benzene rings is 2. The van der Waals surface area contributed by atoms with Gasteiger partial charge in [-0.05, 0) is 55.5 Å². The third-order valence-electron chi connectivity index (χ3n) is 6.12. The second-order valence-corrected chi connectivity index (χ2v) is 9.37. The summed E-state index contributed by atoms with van der Waals surface area (Å²) in [5, 5.41) is 19.8. The van der Waals surface area contributed by atoms with Gasteiger partial charge in [0.15, 0.2) is 5.78 Å².